The second-order valence-corrected chi connectivity index (χ2v) is 6.18. The first-order valence-electron chi connectivity index (χ1n) is 6.94. The van der Waals surface area contributed by atoms with E-state index in [9.17, 15) is 9.59 Å². The highest BCUT2D eigenvalue weighted by Crippen LogP contribution is 2.30. The maximum absolute atomic E-state index is 11.9. The molecule has 2 N–H and O–H groups in total. The molecule has 1 heterocycles. The van der Waals surface area contributed by atoms with E-state index in [1.54, 1.807) is 17.4 Å². The van der Waals surface area contributed by atoms with Crippen LogP contribution in [-0.2, 0) is 16.0 Å². The molecule has 2 amide bonds. The number of hydrogen-bond donors (Lipinski definition) is 2. The van der Waals surface area contributed by atoms with Crippen molar-refractivity contribution in [1.82, 2.24) is 0 Å². The number of benzene rings is 1. The summed E-state index contributed by atoms with van der Waals surface area (Å²) in [7, 11) is 0. The van der Waals surface area contributed by atoms with Gasteiger partial charge in [0.2, 0.25) is 11.8 Å². The lowest BCUT2D eigenvalue weighted by atomic mass is 10.2. The van der Waals surface area contributed by atoms with Gasteiger partial charge in [-0.1, -0.05) is 12.1 Å². The Labute approximate surface area is 127 Å². The van der Waals surface area contributed by atoms with Crippen LogP contribution in [0, 0.1) is 5.92 Å². The van der Waals surface area contributed by atoms with Gasteiger partial charge in [0.15, 0.2) is 0 Å². The molecule has 0 atom stereocenters. The van der Waals surface area contributed by atoms with Crippen LogP contribution in [0.2, 0.25) is 0 Å². The minimum absolute atomic E-state index is 0.0527. The minimum Gasteiger partial charge on any atom is -0.326 e. The number of carbonyl (C=O) groups is 2. The van der Waals surface area contributed by atoms with Gasteiger partial charge in [0.05, 0.1) is 6.42 Å². The fourth-order valence-corrected chi connectivity index (χ4v) is 2.74. The van der Waals surface area contributed by atoms with Crippen LogP contribution >= 0.6 is 11.3 Å². The second-order valence-electron chi connectivity index (χ2n) is 5.15. The zero-order valence-electron chi connectivity index (χ0n) is 11.5. The van der Waals surface area contributed by atoms with Crippen LogP contribution in [0.15, 0.2) is 41.8 Å². The number of thiophene rings is 1. The van der Waals surface area contributed by atoms with Gasteiger partial charge >= 0.3 is 0 Å². The number of rotatable bonds is 5. The Morgan fingerprint density at radius 1 is 1.10 bits per heavy atom. The van der Waals surface area contributed by atoms with Crippen LogP contribution in [-0.4, -0.2) is 11.8 Å². The Morgan fingerprint density at radius 3 is 2.52 bits per heavy atom. The smallest absolute Gasteiger partial charge is 0.229 e. The summed E-state index contributed by atoms with van der Waals surface area (Å²) in [6.45, 7) is 0. The van der Waals surface area contributed by atoms with Gasteiger partial charge in [-0.05, 0) is 42.5 Å². The number of hydrogen-bond acceptors (Lipinski definition) is 3. The fourth-order valence-electron chi connectivity index (χ4n) is 2.04. The Bertz CT molecular complexity index is 648. The van der Waals surface area contributed by atoms with Gasteiger partial charge < -0.3 is 10.6 Å². The van der Waals surface area contributed by atoms with Crippen molar-refractivity contribution in [2.24, 2.45) is 5.92 Å². The molecule has 0 saturated heterocycles. The van der Waals surface area contributed by atoms with Crippen molar-refractivity contribution in [3.63, 3.8) is 0 Å². The third-order valence-corrected chi connectivity index (χ3v) is 4.15. The average molecular weight is 300 g/mol. The number of anilines is 2. The van der Waals surface area contributed by atoms with Crippen LogP contribution in [0.4, 0.5) is 11.4 Å². The van der Waals surface area contributed by atoms with Crippen LogP contribution < -0.4 is 10.6 Å². The minimum atomic E-state index is -0.0527. The van der Waals surface area contributed by atoms with Gasteiger partial charge in [-0.25, -0.2) is 0 Å². The van der Waals surface area contributed by atoms with Crippen LogP contribution in [0.5, 0.6) is 0 Å². The van der Waals surface area contributed by atoms with Gasteiger partial charge in [-0.2, -0.15) is 0 Å². The zero-order valence-corrected chi connectivity index (χ0v) is 12.3. The number of carbonyl (C=O) groups excluding carboxylic acids is 2. The lowest BCUT2D eigenvalue weighted by Gasteiger charge is -2.08. The Morgan fingerprint density at radius 2 is 1.86 bits per heavy atom. The molecule has 4 nitrogen and oxygen atoms in total. The first kappa shape index (κ1) is 13.8. The van der Waals surface area contributed by atoms with Gasteiger partial charge in [-0.3, -0.25) is 9.59 Å². The molecule has 0 spiro atoms. The molecule has 5 heteroatoms. The molecule has 2 aromatic rings. The zero-order chi connectivity index (χ0) is 14.7. The summed E-state index contributed by atoms with van der Waals surface area (Å²) in [5.41, 5.74) is 1.42. The van der Waals surface area contributed by atoms with E-state index in [0.29, 0.717) is 12.1 Å². The molecule has 0 radical (unpaired) electrons. The molecule has 108 valence electrons. The molecular formula is C16H16N2O2S. The molecule has 0 unspecified atom stereocenters. The molecule has 0 aliphatic heterocycles. The molecule has 1 aromatic carbocycles. The molecule has 3 rings (SSSR count). The van der Waals surface area contributed by atoms with E-state index in [0.717, 1.165) is 23.4 Å². The summed E-state index contributed by atoms with van der Waals surface area (Å²) >= 11 is 1.57. The van der Waals surface area contributed by atoms with Crippen molar-refractivity contribution in [3.8, 4) is 0 Å². The van der Waals surface area contributed by atoms with Crippen LogP contribution in [0.1, 0.15) is 17.7 Å². The maximum atomic E-state index is 11.9. The number of nitrogens with one attached hydrogen (secondary N) is 2. The van der Waals surface area contributed by atoms with Gasteiger partial charge in [0.25, 0.3) is 0 Å². The normalized spacial score (nSPS) is 13.7. The molecular weight excluding hydrogens is 284 g/mol. The molecule has 1 aliphatic rings. The second kappa shape index (κ2) is 6.10. The van der Waals surface area contributed by atoms with E-state index in [1.807, 2.05) is 35.7 Å². The lowest BCUT2D eigenvalue weighted by Crippen LogP contribution is -2.15. The molecule has 1 aliphatic carbocycles. The van der Waals surface area contributed by atoms with E-state index in [4.69, 9.17) is 0 Å². The number of amides is 2. The summed E-state index contributed by atoms with van der Waals surface area (Å²) in [5.74, 6) is 0.183. The lowest BCUT2D eigenvalue weighted by molar-refractivity contribution is -0.117. The monoisotopic (exact) mass is 300 g/mol. The van der Waals surface area contributed by atoms with Crippen molar-refractivity contribution in [2.75, 3.05) is 10.6 Å². The summed E-state index contributed by atoms with van der Waals surface area (Å²) in [4.78, 5) is 24.7. The Kier molecular flexibility index (Phi) is 4.01. The predicted octanol–water partition coefficient (Wildman–Crippen LogP) is 3.28. The van der Waals surface area contributed by atoms with E-state index in [1.165, 1.54) is 0 Å². The quantitative estimate of drug-likeness (QED) is 0.890. The van der Waals surface area contributed by atoms with Crippen molar-refractivity contribution in [2.45, 2.75) is 19.3 Å². The summed E-state index contributed by atoms with van der Waals surface area (Å²) in [6.07, 6.45) is 2.32. The average Bonchev–Trinajstić information content (AvgIpc) is 3.19. The largest absolute Gasteiger partial charge is 0.326 e. The molecule has 21 heavy (non-hydrogen) atoms. The maximum Gasteiger partial charge on any atom is 0.229 e. The molecule has 0 bridgehead atoms. The highest BCUT2D eigenvalue weighted by Gasteiger charge is 2.29. The first-order chi connectivity index (χ1) is 10.2. The van der Waals surface area contributed by atoms with Crippen molar-refractivity contribution >= 4 is 34.5 Å². The fraction of sp³-hybridized carbons (Fsp3) is 0.250. The first-order valence-corrected chi connectivity index (χ1v) is 7.82. The van der Waals surface area contributed by atoms with Crippen molar-refractivity contribution in [3.05, 3.63) is 46.7 Å². The molecule has 1 fully saturated rings. The van der Waals surface area contributed by atoms with Gasteiger partial charge in [0, 0.05) is 22.2 Å². The highest BCUT2D eigenvalue weighted by atomic mass is 32.1. The van der Waals surface area contributed by atoms with E-state index in [2.05, 4.69) is 10.6 Å². The molecule has 1 aromatic heterocycles. The van der Waals surface area contributed by atoms with Crippen molar-refractivity contribution < 1.29 is 9.59 Å². The summed E-state index contributed by atoms with van der Waals surface area (Å²) in [5, 5.41) is 7.69. The molecule has 1 saturated carbocycles. The van der Waals surface area contributed by atoms with Gasteiger partial charge in [0.1, 0.15) is 0 Å². The van der Waals surface area contributed by atoms with Crippen LogP contribution in [0.25, 0.3) is 0 Å². The summed E-state index contributed by atoms with van der Waals surface area (Å²) < 4.78 is 0. The highest BCUT2D eigenvalue weighted by molar-refractivity contribution is 7.10. The van der Waals surface area contributed by atoms with E-state index >= 15 is 0 Å². The third-order valence-electron chi connectivity index (χ3n) is 3.28. The topological polar surface area (TPSA) is 58.2 Å². The van der Waals surface area contributed by atoms with E-state index < -0.39 is 0 Å². The SMILES string of the molecule is O=C(Cc1cccs1)Nc1cccc(NC(=O)C2CC2)c1. The van der Waals surface area contributed by atoms with Crippen LogP contribution in [0.3, 0.4) is 0 Å². The Hall–Kier alpha value is -2.14. The Balaban J connectivity index is 1.59. The van der Waals surface area contributed by atoms with Crippen molar-refractivity contribution in [1.29, 1.82) is 0 Å². The third kappa shape index (κ3) is 3.92. The predicted molar refractivity (Wildman–Crippen MR) is 84.4 cm³/mol. The van der Waals surface area contributed by atoms with Gasteiger partial charge in [-0.15, -0.1) is 11.3 Å². The van der Waals surface area contributed by atoms with E-state index in [-0.39, 0.29) is 17.7 Å². The standard InChI is InChI=1S/C16H16N2O2S/c19-15(10-14-5-2-8-21-14)17-12-3-1-4-13(9-12)18-16(20)11-6-7-11/h1-5,8-9,11H,6-7,10H2,(H,17,19)(H,18,20). The summed E-state index contributed by atoms with van der Waals surface area (Å²) in [6, 6.07) is 11.1.